The van der Waals surface area contributed by atoms with Crippen LogP contribution in [0.3, 0.4) is 0 Å². The van der Waals surface area contributed by atoms with Crippen LogP contribution in [0.2, 0.25) is 0 Å². The fourth-order valence-electron chi connectivity index (χ4n) is 0.789. The van der Waals surface area contributed by atoms with Gasteiger partial charge < -0.3 is 0 Å². The van der Waals surface area contributed by atoms with Gasteiger partial charge in [-0.3, -0.25) is 14.8 Å². The maximum atomic E-state index is 11.0. The van der Waals surface area contributed by atoms with Crippen molar-refractivity contribution in [2.75, 3.05) is 0 Å². The molecule has 0 aromatic carbocycles. The molecule has 0 bridgehead atoms. The average Bonchev–Trinajstić information content (AvgIpc) is 2.55. The third-order valence-corrected chi connectivity index (χ3v) is 1.48. The van der Waals surface area contributed by atoms with Crippen LogP contribution in [0.5, 0.6) is 0 Å². The number of nitrogens with one attached hydrogen (secondary N) is 1. The zero-order valence-corrected chi connectivity index (χ0v) is 6.56. The number of nitrogens with zero attached hydrogens (tertiary/aromatic N) is 3. The molecule has 0 fully saturated rings. The first-order valence-electron chi connectivity index (χ1n) is 3.44. The molecule has 0 saturated heterocycles. The molecule has 5 nitrogen and oxygen atoms in total. The number of aromatic nitrogens is 2. The quantitative estimate of drug-likeness (QED) is 0.495. The fourth-order valence-corrected chi connectivity index (χ4v) is 0.789. The lowest BCUT2D eigenvalue weighted by molar-refractivity contribution is -0.122. The summed E-state index contributed by atoms with van der Waals surface area (Å²) < 4.78 is 1.48. The van der Waals surface area contributed by atoms with Crippen molar-refractivity contribution in [3.63, 3.8) is 0 Å². The smallest absolute Gasteiger partial charge is 0.257 e. The molecule has 5 heteroatoms. The van der Waals surface area contributed by atoms with Gasteiger partial charge in [-0.25, -0.2) is 0 Å². The predicted molar refractivity (Wildman–Crippen MR) is 40.7 cm³/mol. The first kappa shape index (κ1) is 8.27. The number of hydrogen-bond donors (Lipinski definition) is 1. The maximum absolute atomic E-state index is 11.0. The molecule has 62 valence electrons. The van der Waals surface area contributed by atoms with Crippen LogP contribution in [0.25, 0.3) is 0 Å². The molecule has 1 N–H and O–H groups in total. The van der Waals surface area contributed by atoms with Crippen LogP contribution >= 0.6 is 0 Å². The normalized spacial score (nSPS) is 11.7. The van der Waals surface area contributed by atoms with Crippen LogP contribution in [0.15, 0.2) is 18.5 Å². The Labute approximate surface area is 69.6 Å². The topological polar surface area (TPSA) is 70.7 Å². The molecule has 1 heterocycles. The summed E-state index contributed by atoms with van der Waals surface area (Å²) in [5.41, 5.74) is 0. The zero-order valence-electron chi connectivity index (χ0n) is 6.56. The summed E-state index contributed by atoms with van der Waals surface area (Å²) in [6.07, 6.45) is 4.82. The molecule has 0 aliphatic heterocycles. The van der Waals surface area contributed by atoms with Gasteiger partial charge in [-0.05, 0) is 13.0 Å². The number of amides is 1. The number of nitriles is 1. The molecule has 0 spiro atoms. The zero-order chi connectivity index (χ0) is 8.97. The molecule has 1 atom stereocenters. The Morgan fingerprint density at radius 2 is 2.58 bits per heavy atom. The van der Waals surface area contributed by atoms with Crippen LogP contribution in [-0.2, 0) is 4.79 Å². The van der Waals surface area contributed by atoms with Gasteiger partial charge in [-0.2, -0.15) is 10.4 Å². The van der Waals surface area contributed by atoms with E-state index in [0.717, 1.165) is 0 Å². The molecule has 1 aromatic rings. The molecular formula is C7H8N4O. The summed E-state index contributed by atoms with van der Waals surface area (Å²) in [7, 11) is 0. The summed E-state index contributed by atoms with van der Waals surface area (Å²) >= 11 is 0. The Hall–Kier alpha value is -1.83. The number of hydrogen-bond acceptors (Lipinski definition) is 3. The van der Waals surface area contributed by atoms with Crippen molar-refractivity contribution in [2.45, 2.75) is 13.0 Å². The average molecular weight is 164 g/mol. The van der Waals surface area contributed by atoms with Crippen molar-refractivity contribution >= 4 is 5.91 Å². The van der Waals surface area contributed by atoms with E-state index in [1.807, 2.05) is 5.32 Å². The summed E-state index contributed by atoms with van der Waals surface area (Å²) in [5, 5.41) is 14.1. The van der Waals surface area contributed by atoms with Crippen LogP contribution in [0.4, 0.5) is 0 Å². The molecule has 0 saturated carbocycles. The minimum absolute atomic E-state index is 0.360. The van der Waals surface area contributed by atoms with E-state index in [9.17, 15) is 4.79 Å². The highest BCUT2D eigenvalue weighted by molar-refractivity contribution is 5.80. The highest BCUT2D eigenvalue weighted by Gasteiger charge is 2.13. The molecule has 0 radical (unpaired) electrons. The monoisotopic (exact) mass is 164 g/mol. The molecule has 1 aromatic heterocycles. The van der Waals surface area contributed by atoms with Crippen LogP contribution in [0, 0.1) is 11.5 Å². The fraction of sp³-hybridized carbons (Fsp3) is 0.286. The van der Waals surface area contributed by atoms with Gasteiger partial charge in [0.05, 0.1) is 0 Å². The minimum atomic E-state index is -0.445. The van der Waals surface area contributed by atoms with E-state index in [4.69, 9.17) is 5.26 Å². The van der Waals surface area contributed by atoms with E-state index in [0.29, 0.717) is 0 Å². The van der Waals surface area contributed by atoms with Gasteiger partial charge in [0.25, 0.3) is 5.91 Å². The molecule has 1 amide bonds. The highest BCUT2D eigenvalue weighted by atomic mass is 16.2. The molecule has 1 rings (SSSR count). The van der Waals surface area contributed by atoms with E-state index in [1.165, 1.54) is 4.68 Å². The Morgan fingerprint density at radius 1 is 1.83 bits per heavy atom. The van der Waals surface area contributed by atoms with Gasteiger partial charge in [0.15, 0.2) is 6.19 Å². The second-order valence-corrected chi connectivity index (χ2v) is 2.26. The van der Waals surface area contributed by atoms with Crippen LogP contribution in [0.1, 0.15) is 13.0 Å². The first-order valence-corrected chi connectivity index (χ1v) is 3.44. The number of carbonyl (C=O) groups is 1. The van der Waals surface area contributed by atoms with Crippen LogP contribution < -0.4 is 5.32 Å². The molecule has 1 unspecified atom stereocenters. The first-order chi connectivity index (χ1) is 5.75. The second-order valence-electron chi connectivity index (χ2n) is 2.26. The predicted octanol–water partition coefficient (Wildman–Crippen LogP) is 0.0414. The SMILES string of the molecule is CC(C(=O)NC#N)n1cccn1. The highest BCUT2D eigenvalue weighted by Crippen LogP contribution is 2.01. The van der Waals surface area contributed by atoms with E-state index >= 15 is 0 Å². The van der Waals surface area contributed by atoms with Crippen LogP contribution in [-0.4, -0.2) is 15.7 Å². The van der Waals surface area contributed by atoms with E-state index in [2.05, 4.69) is 5.10 Å². The van der Waals surface area contributed by atoms with Gasteiger partial charge in [-0.15, -0.1) is 0 Å². The molecule has 12 heavy (non-hydrogen) atoms. The van der Waals surface area contributed by atoms with Gasteiger partial charge in [-0.1, -0.05) is 0 Å². The largest absolute Gasteiger partial charge is 0.272 e. The summed E-state index contributed by atoms with van der Waals surface area (Å²) in [5.74, 6) is -0.360. The van der Waals surface area contributed by atoms with Crippen molar-refractivity contribution in [3.05, 3.63) is 18.5 Å². The standard InChI is InChI=1S/C7H8N4O/c1-6(7(12)9-5-8)11-4-2-3-10-11/h2-4,6H,1H3,(H,9,12). The summed E-state index contributed by atoms with van der Waals surface area (Å²) in [6, 6.07) is 1.27. The van der Waals surface area contributed by atoms with E-state index < -0.39 is 6.04 Å². The Bertz CT molecular complexity index is 298. The Kier molecular flexibility index (Phi) is 2.43. The van der Waals surface area contributed by atoms with Crippen molar-refractivity contribution in [2.24, 2.45) is 0 Å². The van der Waals surface area contributed by atoms with Gasteiger partial charge in [0.1, 0.15) is 6.04 Å². The Morgan fingerprint density at radius 3 is 3.08 bits per heavy atom. The third kappa shape index (κ3) is 1.61. The minimum Gasteiger partial charge on any atom is -0.272 e. The lowest BCUT2D eigenvalue weighted by Gasteiger charge is -2.07. The third-order valence-electron chi connectivity index (χ3n) is 1.48. The van der Waals surface area contributed by atoms with Crippen molar-refractivity contribution in [1.82, 2.24) is 15.1 Å². The van der Waals surface area contributed by atoms with Gasteiger partial charge >= 0.3 is 0 Å². The molecule has 0 aliphatic rings. The molecular weight excluding hydrogens is 156 g/mol. The number of rotatable bonds is 2. The maximum Gasteiger partial charge on any atom is 0.257 e. The van der Waals surface area contributed by atoms with Crippen molar-refractivity contribution in [3.8, 4) is 6.19 Å². The van der Waals surface area contributed by atoms with Gasteiger partial charge in [0, 0.05) is 12.4 Å². The lowest BCUT2D eigenvalue weighted by Crippen LogP contribution is -2.27. The molecule has 0 aliphatic carbocycles. The van der Waals surface area contributed by atoms with Crippen molar-refractivity contribution < 1.29 is 4.79 Å². The summed E-state index contributed by atoms with van der Waals surface area (Å²) in [6.45, 7) is 1.67. The second kappa shape index (κ2) is 3.53. The van der Waals surface area contributed by atoms with E-state index in [1.54, 1.807) is 31.6 Å². The number of carbonyl (C=O) groups excluding carboxylic acids is 1. The van der Waals surface area contributed by atoms with Gasteiger partial charge in [0.2, 0.25) is 0 Å². The summed E-state index contributed by atoms with van der Waals surface area (Å²) in [4.78, 5) is 11.0. The van der Waals surface area contributed by atoms with E-state index in [-0.39, 0.29) is 5.91 Å². The van der Waals surface area contributed by atoms with Crippen molar-refractivity contribution in [1.29, 1.82) is 5.26 Å². The Balaban J connectivity index is 2.67. The lowest BCUT2D eigenvalue weighted by atomic mass is 10.3.